The third-order valence-corrected chi connectivity index (χ3v) is 4.73. The number of carboxylic acids is 1. The lowest BCUT2D eigenvalue weighted by Crippen LogP contribution is -2.29. The summed E-state index contributed by atoms with van der Waals surface area (Å²) < 4.78 is 0. The highest BCUT2D eigenvalue weighted by Gasteiger charge is 2.43. The number of carbonyl (C=O) groups is 3. The number of rotatable bonds is 6. The number of thiol groups is 1. The molecule has 25 heavy (non-hydrogen) atoms. The number of carbonyl (C=O) groups excluding carboxylic acids is 2. The summed E-state index contributed by atoms with van der Waals surface area (Å²) in [7, 11) is 0. The van der Waals surface area contributed by atoms with Crippen LogP contribution in [0.4, 0.5) is 0 Å². The van der Waals surface area contributed by atoms with Gasteiger partial charge in [0.05, 0.1) is 11.6 Å². The van der Waals surface area contributed by atoms with E-state index in [1.165, 1.54) is 6.08 Å². The van der Waals surface area contributed by atoms with Gasteiger partial charge in [-0.25, -0.2) is 0 Å². The zero-order valence-electron chi connectivity index (χ0n) is 14.3. The third-order valence-electron chi connectivity index (χ3n) is 4.47. The van der Waals surface area contributed by atoms with Crippen LogP contribution in [0.25, 0.3) is 0 Å². The zero-order chi connectivity index (χ0) is 18.1. The molecule has 136 valence electrons. The molecular weight excluding hydrogens is 342 g/mol. The average molecular weight is 365 g/mol. The van der Waals surface area contributed by atoms with Crippen LogP contribution in [0, 0.1) is 5.92 Å². The van der Waals surface area contributed by atoms with Crippen LogP contribution in [0.15, 0.2) is 23.2 Å². The van der Waals surface area contributed by atoms with Crippen molar-refractivity contribution in [2.45, 2.75) is 13.3 Å². The highest BCUT2D eigenvalue weighted by molar-refractivity contribution is 7.80. The molecule has 3 aliphatic heterocycles. The number of ketones is 2. The molecule has 3 saturated heterocycles. The maximum atomic E-state index is 12.4. The molecule has 0 spiro atoms. The second-order valence-electron chi connectivity index (χ2n) is 6.63. The van der Waals surface area contributed by atoms with Crippen molar-refractivity contribution in [1.82, 2.24) is 14.7 Å². The first-order valence-corrected chi connectivity index (χ1v) is 9.20. The largest absolute Gasteiger partial charge is 0.481 e. The summed E-state index contributed by atoms with van der Waals surface area (Å²) in [6.07, 6.45) is 2.18. The summed E-state index contributed by atoms with van der Waals surface area (Å²) in [6.45, 7) is 7.09. The van der Waals surface area contributed by atoms with Crippen LogP contribution >= 0.6 is 12.6 Å². The summed E-state index contributed by atoms with van der Waals surface area (Å²) in [5.74, 6) is -0.285. The summed E-state index contributed by atoms with van der Waals surface area (Å²) in [6, 6.07) is 0. The van der Waals surface area contributed by atoms with Crippen molar-refractivity contribution < 1.29 is 19.5 Å². The van der Waals surface area contributed by atoms with E-state index in [9.17, 15) is 14.4 Å². The number of Topliss-reactive ketones (excluding diaryl/α,β-unsaturated/α-hetero) is 1. The van der Waals surface area contributed by atoms with Crippen molar-refractivity contribution in [2.24, 2.45) is 5.92 Å². The van der Waals surface area contributed by atoms with E-state index in [1.807, 2.05) is 14.7 Å². The number of carboxylic acid groups (broad SMARTS) is 1. The molecule has 1 aliphatic carbocycles. The summed E-state index contributed by atoms with van der Waals surface area (Å²) >= 11 is 3.89. The fourth-order valence-corrected chi connectivity index (χ4v) is 2.98. The standard InChI is InChI=1S/C12H13N3O2.C5H10O2S/c16-9-7-8(13-1-2-13)12(17)11(15-5-6-15)10(9)14-3-4-14;1-4(2-3-8)5(6)7/h7H,1-6H2;4,8H,2-3H2,1H3,(H,6,7). The summed E-state index contributed by atoms with van der Waals surface area (Å²) in [4.78, 5) is 40.5. The van der Waals surface area contributed by atoms with E-state index < -0.39 is 5.97 Å². The molecule has 4 aliphatic rings. The lowest BCUT2D eigenvalue weighted by molar-refractivity contribution is -0.141. The Kier molecular flexibility index (Phi) is 5.08. The van der Waals surface area contributed by atoms with E-state index in [0.29, 0.717) is 29.3 Å². The lowest BCUT2D eigenvalue weighted by atomic mass is 10.0. The molecule has 3 heterocycles. The third kappa shape index (κ3) is 4.18. The molecule has 4 rings (SSSR count). The zero-order valence-corrected chi connectivity index (χ0v) is 15.2. The van der Waals surface area contributed by atoms with Crippen molar-refractivity contribution in [2.75, 3.05) is 45.0 Å². The van der Waals surface area contributed by atoms with Crippen LogP contribution < -0.4 is 0 Å². The number of hydrogen-bond donors (Lipinski definition) is 2. The van der Waals surface area contributed by atoms with E-state index in [4.69, 9.17) is 5.11 Å². The quantitative estimate of drug-likeness (QED) is 0.396. The van der Waals surface area contributed by atoms with E-state index in [0.717, 1.165) is 39.3 Å². The van der Waals surface area contributed by atoms with Gasteiger partial charge in [-0.2, -0.15) is 12.6 Å². The summed E-state index contributed by atoms with van der Waals surface area (Å²) in [5, 5.41) is 8.28. The van der Waals surface area contributed by atoms with Crippen molar-refractivity contribution in [1.29, 1.82) is 0 Å². The molecule has 0 bridgehead atoms. The predicted molar refractivity (Wildman–Crippen MR) is 95.1 cm³/mol. The van der Waals surface area contributed by atoms with Gasteiger partial charge in [0, 0.05) is 45.3 Å². The van der Waals surface area contributed by atoms with Gasteiger partial charge in [0.2, 0.25) is 11.6 Å². The number of nitrogens with zero attached hydrogens (tertiary/aromatic N) is 3. The van der Waals surface area contributed by atoms with Gasteiger partial charge in [0.1, 0.15) is 11.4 Å². The van der Waals surface area contributed by atoms with Gasteiger partial charge < -0.3 is 19.8 Å². The van der Waals surface area contributed by atoms with Crippen molar-refractivity contribution in [3.63, 3.8) is 0 Å². The maximum absolute atomic E-state index is 12.4. The molecule has 1 N–H and O–H groups in total. The second-order valence-corrected chi connectivity index (χ2v) is 7.08. The molecule has 1 atom stereocenters. The minimum Gasteiger partial charge on any atom is -0.481 e. The smallest absolute Gasteiger partial charge is 0.306 e. The number of allylic oxidation sites excluding steroid dienone is 1. The fourth-order valence-electron chi connectivity index (χ4n) is 2.59. The Morgan fingerprint density at radius 2 is 1.60 bits per heavy atom. The molecule has 0 radical (unpaired) electrons. The van der Waals surface area contributed by atoms with E-state index in [2.05, 4.69) is 12.6 Å². The van der Waals surface area contributed by atoms with Crippen molar-refractivity contribution in [3.05, 3.63) is 23.2 Å². The second kappa shape index (κ2) is 7.11. The van der Waals surface area contributed by atoms with Gasteiger partial charge in [-0.05, 0) is 12.2 Å². The highest BCUT2D eigenvalue weighted by Crippen LogP contribution is 2.33. The molecule has 1 unspecified atom stereocenters. The molecule has 0 aromatic rings. The molecule has 3 fully saturated rings. The first-order valence-electron chi connectivity index (χ1n) is 8.57. The summed E-state index contributed by atoms with van der Waals surface area (Å²) in [5.41, 5.74) is 1.89. The van der Waals surface area contributed by atoms with Crippen LogP contribution in [-0.2, 0) is 14.4 Å². The SMILES string of the molecule is CC(CCS)C(=O)O.O=C1C=C(N2CC2)C(=O)C(N2CC2)=C1N1CC1. The minimum absolute atomic E-state index is 0.00546. The molecule has 0 aromatic heterocycles. The Hall–Kier alpha value is -1.96. The van der Waals surface area contributed by atoms with Crippen LogP contribution in [0.1, 0.15) is 13.3 Å². The van der Waals surface area contributed by atoms with Gasteiger partial charge in [-0.15, -0.1) is 0 Å². The van der Waals surface area contributed by atoms with E-state index in [-0.39, 0.29) is 17.5 Å². The maximum Gasteiger partial charge on any atom is 0.306 e. The van der Waals surface area contributed by atoms with Crippen LogP contribution in [0.2, 0.25) is 0 Å². The Morgan fingerprint density at radius 3 is 2.00 bits per heavy atom. The molecule has 0 amide bonds. The Bertz CT molecular complexity index is 661. The van der Waals surface area contributed by atoms with Gasteiger partial charge in [0.15, 0.2) is 0 Å². The Morgan fingerprint density at radius 1 is 1.08 bits per heavy atom. The minimum atomic E-state index is -0.737. The van der Waals surface area contributed by atoms with E-state index >= 15 is 0 Å². The molecule has 7 nitrogen and oxygen atoms in total. The molecule has 0 saturated carbocycles. The first-order chi connectivity index (χ1) is 11.9. The van der Waals surface area contributed by atoms with Gasteiger partial charge in [0.25, 0.3) is 0 Å². The normalized spacial score (nSPS) is 22.3. The lowest BCUT2D eigenvalue weighted by Gasteiger charge is -2.21. The Labute approximate surface area is 152 Å². The topological polar surface area (TPSA) is 80.5 Å². The molecule has 0 aromatic carbocycles. The Balaban J connectivity index is 0.000000197. The van der Waals surface area contributed by atoms with Crippen molar-refractivity contribution in [3.8, 4) is 0 Å². The number of hydrogen-bond acceptors (Lipinski definition) is 7. The van der Waals surface area contributed by atoms with E-state index in [1.54, 1.807) is 6.92 Å². The predicted octanol–water partition coefficient (Wildman–Crippen LogP) is 0.208. The number of aliphatic carboxylic acids is 1. The average Bonchev–Trinajstić information content (AvgIpc) is 3.39. The van der Waals surface area contributed by atoms with Gasteiger partial charge in [-0.1, -0.05) is 6.92 Å². The highest BCUT2D eigenvalue weighted by atomic mass is 32.1. The van der Waals surface area contributed by atoms with Gasteiger partial charge >= 0.3 is 5.97 Å². The van der Waals surface area contributed by atoms with Crippen LogP contribution in [0.5, 0.6) is 0 Å². The van der Waals surface area contributed by atoms with Gasteiger partial charge in [-0.3, -0.25) is 14.4 Å². The fraction of sp³-hybridized carbons (Fsp3) is 0.588. The van der Waals surface area contributed by atoms with Crippen LogP contribution in [0.3, 0.4) is 0 Å². The van der Waals surface area contributed by atoms with Crippen molar-refractivity contribution >= 4 is 30.2 Å². The first kappa shape index (κ1) is 17.8. The van der Waals surface area contributed by atoms with Crippen LogP contribution in [-0.4, -0.2) is 82.4 Å². The molecule has 8 heteroatoms. The molecular formula is C17H23N3O4S. The monoisotopic (exact) mass is 365 g/mol.